The first kappa shape index (κ1) is 19.5. The third-order valence-electron chi connectivity index (χ3n) is 4.60. The van der Waals surface area contributed by atoms with E-state index in [0.717, 1.165) is 38.4 Å². The van der Waals surface area contributed by atoms with Crippen molar-refractivity contribution in [2.75, 3.05) is 26.3 Å². The van der Waals surface area contributed by atoms with Crippen LogP contribution < -0.4 is 11.1 Å². The normalized spacial score (nSPS) is 16.4. The minimum atomic E-state index is -0.552. The van der Waals surface area contributed by atoms with E-state index in [4.69, 9.17) is 15.0 Å². The van der Waals surface area contributed by atoms with Crippen molar-refractivity contribution in [2.24, 2.45) is 11.7 Å². The summed E-state index contributed by atoms with van der Waals surface area (Å²) < 4.78 is 10.6. The summed E-state index contributed by atoms with van der Waals surface area (Å²) in [6, 6.07) is 7.55. The van der Waals surface area contributed by atoms with Crippen LogP contribution in [0.5, 0.6) is 0 Å². The minimum absolute atomic E-state index is 0.0671. The molecule has 0 spiro atoms. The van der Waals surface area contributed by atoms with Gasteiger partial charge in [-0.15, -0.1) is 0 Å². The van der Waals surface area contributed by atoms with E-state index in [1.54, 1.807) is 0 Å². The van der Waals surface area contributed by atoms with Gasteiger partial charge in [0.1, 0.15) is 0 Å². The van der Waals surface area contributed by atoms with Crippen molar-refractivity contribution in [2.45, 2.75) is 33.0 Å². The Morgan fingerprint density at radius 1 is 1.33 bits per heavy atom. The summed E-state index contributed by atoms with van der Waals surface area (Å²) >= 11 is 0. The van der Waals surface area contributed by atoms with Crippen molar-refractivity contribution >= 4 is 5.91 Å². The summed E-state index contributed by atoms with van der Waals surface area (Å²) in [6.07, 6.45) is 0. The van der Waals surface area contributed by atoms with Crippen LogP contribution in [0, 0.1) is 5.92 Å². The van der Waals surface area contributed by atoms with Gasteiger partial charge in [-0.3, -0.25) is 9.69 Å². The van der Waals surface area contributed by atoms with Crippen molar-refractivity contribution < 1.29 is 14.1 Å². The zero-order valence-electron chi connectivity index (χ0n) is 15.9. The maximum absolute atomic E-state index is 11.9. The Kier molecular flexibility index (Phi) is 6.54. The highest BCUT2D eigenvalue weighted by atomic mass is 16.5. The second-order valence-corrected chi connectivity index (χ2v) is 7.09. The third kappa shape index (κ3) is 5.35. The van der Waals surface area contributed by atoms with E-state index in [-0.39, 0.29) is 18.4 Å². The van der Waals surface area contributed by atoms with Gasteiger partial charge in [-0.2, -0.15) is 4.98 Å². The Labute approximate surface area is 159 Å². The molecule has 8 nitrogen and oxygen atoms in total. The highest BCUT2D eigenvalue weighted by molar-refractivity contribution is 5.81. The van der Waals surface area contributed by atoms with Crippen molar-refractivity contribution in [3.05, 3.63) is 35.7 Å². The van der Waals surface area contributed by atoms with Crippen molar-refractivity contribution in [1.82, 2.24) is 20.4 Å². The zero-order valence-corrected chi connectivity index (χ0v) is 15.9. The summed E-state index contributed by atoms with van der Waals surface area (Å²) in [6.45, 7) is 8.27. The van der Waals surface area contributed by atoms with Crippen LogP contribution in [0.25, 0.3) is 11.4 Å². The Morgan fingerprint density at radius 2 is 2.11 bits per heavy atom. The summed E-state index contributed by atoms with van der Waals surface area (Å²) in [5.74, 6) is 0.707. The van der Waals surface area contributed by atoms with Crippen LogP contribution in [0.4, 0.5) is 0 Å². The topological polar surface area (TPSA) is 107 Å². The first-order chi connectivity index (χ1) is 13.0. The molecule has 146 valence electrons. The van der Waals surface area contributed by atoms with Crippen molar-refractivity contribution in [3.63, 3.8) is 0 Å². The van der Waals surface area contributed by atoms with Gasteiger partial charge in [-0.05, 0) is 17.5 Å². The second kappa shape index (κ2) is 9.07. The molecule has 1 aliphatic heterocycles. The van der Waals surface area contributed by atoms with E-state index in [1.165, 1.54) is 5.56 Å². The van der Waals surface area contributed by atoms with E-state index in [9.17, 15) is 4.79 Å². The first-order valence-electron chi connectivity index (χ1n) is 9.28. The van der Waals surface area contributed by atoms with E-state index < -0.39 is 6.04 Å². The van der Waals surface area contributed by atoms with Gasteiger partial charge < -0.3 is 20.3 Å². The number of nitrogens with zero attached hydrogens (tertiary/aromatic N) is 3. The number of morpholine rings is 1. The Morgan fingerprint density at radius 3 is 2.85 bits per heavy atom. The van der Waals surface area contributed by atoms with Crippen molar-refractivity contribution in [3.8, 4) is 11.4 Å². The lowest BCUT2D eigenvalue weighted by Gasteiger charge is -2.26. The molecule has 1 atom stereocenters. The van der Waals surface area contributed by atoms with Gasteiger partial charge in [0, 0.05) is 25.2 Å². The molecule has 0 aliphatic carbocycles. The molecular formula is C19H27N5O3. The molecule has 1 aliphatic rings. The first-order valence-corrected chi connectivity index (χ1v) is 9.28. The number of aromatic nitrogens is 2. The molecule has 1 fully saturated rings. The lowest BCUT2D eigenvalue weighted by Crippen LogP contribution is -2.43. The monoisotopic (exact) mass is 373 g/mol. The number of carbonyl (C=O) groups excluding carboxylic acids is 1. The lowest BCUT2D eigenvalue weighted by atomic mass is 10.1. The highest BCUT2D eigenvalue weighted by Crippen LogP contribution is 2.18. The molecule has 1 saturated heterocycles. The van der Waals surface area contributed by atoms with Gasteiger partial charge in [-0.25, -0.2) is 0 Å². The number of ether oxygens (including phenoxy) is 1. The number of carbonyl (C=O) groups is 1. The third-order valence-corrected chi connectivity index (χ3v) is 4.60. The number of nitrogens with one attached hydrogen (secondary N) is 1. The van der Waals surface area contributed by atoms with Gasteiger partial charge in [0.2, 0.25) is 17.6 Å². The molecular weight excluding hydrogens is 346 g/mol. The smallest absolute Gasteiger partial charge is 0.246 e. The van der Waals surface area contributed by atoms with Crippen molar-refractivity contribution in [1.29, 1.82) is 0 Å². The fourth-order valence-electron chi connectivity index (χ4n) is 2.85. The van der Waals surface area contributed by atoms with Gasteiger partial charge in [0.15, 0.2) is 0 Å². The van der Waals surface area contributed by atoms with E-state index in [2.05, 4.69) is 32.5 Å². The summed E-state index contributed by atoms with van der Waals surface area (Å²) in [5.41, 5.74) is 7.90. The van der Waals surface area contributed by atoms with Crippen LogP contribution in [0.2, 0.25) is 0 Å². The summed E-state index contributed by atoms with van der Waals surface area (Å²) in [4.78, 5) is 18.7. The predicted molar refractivity (Wildman–Crippen MR) is 100 cm³/mol. The molecule has 3 N–H and O–H groups in total. The number of amides is 1. The fourth-order valence-corrected chi connectivity index (χ4v) is 2.85. The molecule has 0 saturated carbocycles. The quantitative estimate of drug-likeness (QED) is 0.750. The SMILES string of the molecule is CC(C)[C@H](N)C(=O)NCc1nc(-c2cccc(CN3CCOCC3)c2)no1. The molecule has 1 aromatic heterocycles. The molecule has 27 heavy (non-hydrogen) atoms. The second-order valence-electron chi connectivity index (χ2n) is 7.09. The number of hydrogen-bond acceptors (Lipinski definition) is 7. The standard InChI is InChI=1S/C19H27N5O3/c1-13(2)17(20)19(25)21-11-16-22-18(23-27-16)15-5-3-4-14(10-15)12-24-6-8-26-9-7-24/h3-5,10,13,17H,6-9,11-12,20H2,1-2H3,(H,21,25)/t17-/m0/s1. The zero-order chi connectivity index (χ0) is 19.2. The summed E-state index contributed by atoms with van der Waals surface area (Å²) in [7, 11) is 0. The Bertz CT molecular complexity index is 755. The fraction of sp³-hybridized carbons (Fsp3) is 0.526. The van der Waals surface area contributed by atoms with Gasteiger partial charge in [-0.1, -0.05) is 37.2 Å². The number of nitrogens with two attached hydrogens (primary N) is 1. The number of rotatable bonds is 7. The molecule has 1 amide bonds. The number of hydrogen-bond donors (Lipinski definition) is 2. The van der Waals surface area contributed by atoms with Gasteiger partial charge in [0.05, 0.1) is 25.8 Å². The van der Waals surface area contributed by atoms with E-state index >= 15 is 0 Å². The van der Waals surface area contributed by atoms with Gasteiger partial charge >= 0.3 is 0 Å². The van der Waals surface area contributed by atoms with Crippen LogP contribution in [0.3, 0.4) is 0 Å². The molecule has 0 bridgehead atoms. The van der Waals surface area contributed by atoms with Crippen LogP contribution in [0.15, 0.2) is 28.8 Å². The molecule has 1 aromatic carbocycles. The molecule has 0 unspecified atom stereocenters. The van der Waals surface area contributed by atoms with E-state index in [1.807, 2.05) is 26.0 Å². The van der Waals surface area contributed by atoms with Crippen LogP contribution in [-0.4, -0.2) is 53.3 Å². The lowest BCUT2D eigenvalue weighted by molar-refractivity contribution is -0.123. The Hall–Kier alpha value is -2.29. The highest BCUT2D eigenvalue weighted by Gasteiger charge is 2.18. The van der Waals surface area contributed by atoms with Crippen LogP contribution in [0.1, 0.15) is 25.3 Å². The largest absolute Gasteiger partial charge is 0.379 e. The van der Waals surface area contributed by atoms with Gasteiger partial charge in [0.25, 0.3) is 0 Å². The molecule has 3 rings (SSSR count). The van der Waals surface area contributed by atoms with Crippen LogP contribution >= 0.6 is 0 Å². The number of benzene rings is 1. The predicted octanol–water partition coefficient (Wildman–Crippen LogP) is 1.17. The molecule has 0 radical (unpaired) electrons. The average Bonchev–Trinajstić information content (AvgIpc) is 3.15. The average molecular weight is 373 g/mol. The maximum Gasteiger partial charge on any atom is 0.246 e. The summed E-state index contributed by atoms with van der Waals surface area (Å²) in [5, 5.41) is 6.76. The molecule has 2 aromatic rings. The Balaban J connectivity index is 1.60. The van der Waals surface area contributed by atoms with Crippen LogP contribution in [-0.2, 0) is 22.6 Å². The molecule has 8 heteroatoms. The maximum atomic E-state index is 11.9. The minimum Gasteiger partial charge on any atom is -0.379 e. The molecule has 2 heterocycles. The van der Waals surface area contributed by atoms with E-state index in [0.29, 0.717) is 11.7 Å².